The van der Waals surface area contributed by atoms with Gasteiger partial charge in [0.15, 0.2) is 5.82 Å². The van der Waals surface area contributed by atoms with Crippen molar-refractivity contribution in [3.05, 3.63) is 48.4 Å². The number of benzene rings is 1. The third kappa shape index (κ3) is 3.07. The molecule has 1 aliphatic heterocycles. The van der Waals surface area contributed by atoms with Crippen LogP contribution in [0.4, 0.5) is 11.6 Å². The van der Waals surface area contributed by atoms with Crippen LogP contribution in [-0.2, 0) is 4.74 Å². The molecule has 1 aliphatic rings. The Morgan fingerprint density at radius 1 is 1.21 bits per heavy atom. The molecule has 0 spiro atoms. The van der Waals surface area contributed by atoms with Crippen molar-refractivity contribution in [2.45, 2.75) is 0 Å². The predicted molar refractivity (Wildman–Crippen MR) is 94.6 cm³/mol. The Morgan fingerprint density at radius 3 is 3.00 bits per heavy atom. The largest absolute Gasteiger partial charge is 0.378 e. The minimum Gasteiger partial charge on any atom is -0.378 e. The van der Waals surface area contributed by atoms with E-state index < -0.39 is 0 Å². The maximum absolute atomic E-state index is 5.37. The fourth-order valence-corrected chi connectivity index (χ4v) is 2.74. The summed E-state index contributed by atoms with van der Waals surface area (Å²) < 4.78 is 5.37. The van der Waals surface area contributed by atoms with Crippen molar-refractivity contribution in [3.8, 4) is 0 Å². The molecule has 4 rings (SSSR count). The first-order valence-corrected chi connectivity index (χ1v) is 7.90. The van der Waals surface area contributed by atoms with Crippen molar-refractivity contribution < 1.29 is 4.74 Å². The van der Waals surface area contributed by atoms with Gasteiger partial charge in [0.05, 0.1) is 19.4 Å². The first-order valence-electron chi connectivity index (χ1n) is 7.90. The van der Waals surface area contributed by atoms with Gasteiger partial charge >= 0.3 is 0 Å². The summed E-state index contributed by atoms with van der Waals surface area (Å²) in [5.74, 6) is 1.56. The van der Waals surface area contributed by atoms with Gasteiger partial charge in [0.1, 0.15) is 12.1 Å². The zero-order chi connectivity index (χ0) is 16.2. The Balaban J connectivity index is 1.47. The smallest absolute Gasteiger partial charge is 0.151 e. The lowest BCUT2D eigenvalue weighted by atomic mass is 10.2. The van der Waals surface area contributed by atoms with Crippen molar-refractivity contribution in [2.24, 2.45) is 5.10 Å². The van der Waals surface area contributed by atoms with Gasteiger partial charge in [-0.3, -0.25) is 5.43 Å². The molecule has 1 aromatic carbocycles. The van der Waals surface area contributed by atoms with E-state index >= 15 is 0 Å². The van der Waals surface area contributed by atoms with Crippen LogP contribution < -0.4 is 10.3 Å². The van der Waals surface area contributed by atoms with Gasteiger partial charge in [-0.25, -0.2) is 9.97 Å². The van der Waals surface area contributed by atoms with Crippen molar-refractivity contribution >= 4 is 28.8 Å². The van der Waals surface area contributed by atoms with Crippen LogP contribution in [0.5, 0.6) is 0 Å². The zero-order valence-electron chi connectivity index (χ0n) is 13.1. The number of morpholine rings is 1. The summed E-state index contributed by atoms with van der Waals surface area (Å²) in [6.45, 7) is 3.14. The van der Waals surface area contributed by atoms with E-state index in [9.17, 15) is 0 Å². The predicted octanol–water partition coefficient (Wildman–Crippen LogP) is 2.24. The van der Waals surface area contributed by atoms with E-state index in [4.69, 9.17) is 4.74 Å². The lowest BCUT2D eigenvalue weighted by molar-refractivity contribution is 0.122. The maximum Gasteiger partial charge on any atom is 0.151 e. The highest BCUT2D eigenvalue weighted by molar-refractivity contribution is 5.99. The number of anilines is 2. The summed E-state index contributed by atoms with van der Waals surface area (Å²) in [6.07, 6.45) is 5.28. The summed E-state index contributed by atoms with van der Waals surface area (Å²) in [5, 5.41) is 5.43. The lowest BCUT2D eigenvalue weighted by Gasteiger charge is -2.27. The van der Waals surface area contributed by atoms with Crippen LogP contribution in [0.1, 0.15) is 5.56 Å². The number of ether oxygens (including phenoxy) is 1. The number of fused-ring (bicyclic) bond motifs is 1. The van der Waals surface area contributed by atoms with Gasteiger partial charge in [-0.05, 0) is 6.07 Å². The molecule has 7 heteroatoms. The van der Waals surface area contributed by atoms with Gasteiger partial charge < -0.3 is 14.6 Å². The third-order valence-corrected chi connectivity index (χ3v) is 3.99. The fraction of sp³-hybridized carbons (Fsp3) is 0.235. The van der Waals surface area contributed by atoms with Crippen LogP contribution in [-0.4, -0.2) is 47.5 Å². The molecule has 1 fully saturated rings. The van der Waals surface area contributed by atoms with Crippen LogP contribution in [0.25, 0.3) is 10.9 Å². The molecule has 2 aromatic heterocycles. The first-order chi connectivity index (χ1) is 11.9. The Morgan fingerprint density at radius 2 is 2.08 bits per heavy atom. The van der Waals surface area contributed by atoms with Crippen molar-refractivity contribution in [2.75, 3.05) is 36.6 Å². The molecule has 24 heavy (non-hydrogen) atoms. The third-order valence-electron chi connectivity index (χ3n) is 3.99. The van der Waals surface area contributed by atoms with E-state index in [0.29, 0.717) is 5.82 Å². The monoisotopic (exact) mass is 322 g/mol. The van der Waals surface area contributed by atoms with Crippen LogP contribution in [0.15, 0.2) is 48.0 Å². The highest BCUT2D eigenvalue weighted by Crippen LogP contribution is 2.17. The number of aromatic amines is 1. The van der Waals surface area contributed by atoms with Crippen molar-refractivity contribution in [3.63, 3.8) is 0 Å². The number of hydrazone groups is 1. The second-order valence-corrected chi connectivity index (χ2v) is 5.52. The van der Waals surface area contributed by atoms with E-state index in [1.807, 2.05) is 30.5 Å². The molecule has 1 saturated heterocycles. The minimum absolute atomic E-state index is 0.669. The molecular formula is C17H18N6O. The standard InChI is InChI=1S/C17H18N6O/c1-2-4-15-14(3-1)13(10-18-15)11-21-22-16-9-17(20-12-19-16)23-5-7-24-8-6-23/h1-4,9-12,18H,5-8H2,(H,19,20,22). The van der Waals surface area contributed by atoms with E-state index in [-0.39, 0.29) is 0 Å². The van der Waals surface area contributed by atoms with E-state index in [0.717, 1.165) is 48.6 Å². The van der Waals surface area contributed by atoms with E-state index in [1.165, 1.54) is 0 Å². The summed E-state index contributed by atoms with van der Waals surface area (Å²) in [5.41, 5.74) is 5.10. The van der Waals surface area contributed by atoms with Gasteiger partial charge in [-0.1, -0.05) is 18.2 Å². The Hall–Kier alpha value is -2.93. The number of para-hydroxylation sites is 1. The molecule has 0 bridgehead atoms. The molecule has 3 heterocycles. The van der Waals surface area contributed by atoms with Gasteiger partial charge in [0.2, 0.25) is 0 Å². The van der Waals surface area contributed by atoms with E-state index in [1.54, 1.807) is 12.5 Å². The molecular weight excluding hydrogens is 304 g/mol. The highest BCUT2D eigenvalue weighted by atomic mass is 16.5. The number of hydrogen-bond acceptors (Lipinski definition) is 6. The minimum atomic E-state index is 0.669. The SMILES string of the molecule is C(=NNc1cc(N2CCOCC2)ncn1)c1c[nH]c2ccccc12. The van der Waals surface area contributed by atoms with Crippen molar-refractivity contribution in [1.82, 2.24) is 15.0 Å². The molecule has 7 nitrogen and oxygen atoms in total. The average Bonchev–Trinajstić information content (AvgIpc) is 3.06. The molecule has 0 amide bonds. The van der Waals surface area contributed by atoms with Gasteiger partial charge in [-0.2, -0.15) is 5.10 Å². The Kier molecular flexibility index (Phi) is 4.07. The second-order valence-electron chi connectivity index (χ2n) is 5.52. The average molecular weight is 322 g/mol. The number of nitrogens with one attached hydrogen (secondary N) is 2. The second kappa shape index (κ2) is 6.67. The van der Waals surface area contributed by atoms with Gasteiger partial charge in [0, 0.05) is 41.8 Å². The van der Waals surface area contributed by atoms with Gasteiger partial charge in [-0.15, -0.1) is 0 Å². The van der Waals surface area contributed by atoms with Crippen molar-refractivity contribution in [1.29, 1.82) is 0 Å². The first kappa shape index (κ1) is 14.6. The van der Waals surface area contributed by atoms with E-state index in [2.05, 4.69) is 36.4 Å². The number of hydrogen-bond donors (Lipinski definition) is 2. The van der Waals surface area contributed by atoms with Crippen LogP contribution in [0.2, 0.25) is 0 Å². The number of aromatic nitrogens is 3. The molecule has 0 atom stereocenters. The van der Waals surface area contributed by atoms with Crippen LogP contribution in [0, 0.1) is 0 Å². The number of H-pyrrole nitrogens is 1. The Labute approximate surface area is 139 Å². The zero-order valence-corrected chi connectivity index (χ0v) is 13.1. The normalized spacial score (nSPS) is 15.2. The molecule has 122 valence electrons. The van der Waals surface area contributed by atoms with Crippen LogP contribution >= 0.6 is 0 Å². The molecule has 0 saturated carbocycles. The maximum atomic E-state index is 5.37. The summed E-state index contributed by atoms with van der Waals surface area (Å²) in [6, 6.07) is 10.0. The fourth-order valence-electron chi connectivity index (χ4n) is 2.74. The topological polar surface area (TPSA) is 78.4 Å². The summed E-state index contributed by atoms with van der Waals surface area (Å²) in [7, 11) is 0. The van der Waals surface area contributed by atoms with Crippen LogP contribution in [0.3, 0.4) is 0 Å². The molecule has 3 aromatic rings. The lowest BCUT2D eigenvalue weighted by Crippen LogP contribution is -2.36. The highest BCUT2D eigenvalue weighted by Gasteiger charge is 2.12. The quantitative estimate of drug-likeness (QED) is 0.569. The Bertz CT molecular complexity index is 853. The van der Waals surface area contributed by atoms with Gasteiger partial charge in [0.25, 0.3) is 0 Å². The number of nitrogens with zero attached hydrogens (tertiary/aromatic N) is 4. The summed E-state index contributed by atoms with van der Waals surface area (Å²) in [4.78, 5) is 13.9. The molecule has 0 unspecified atom stereocenters. The number of rotatable bonds is 4. The molecule has 0 aliphatic carbocycles. The summed E-state index contributed by atoms with van der Waals surface area (Å²) >= 11 is 0. The molecule has 2 N–H and O–H groups in total. The molecule has 0 radical (unpaired) electrons.